The van der Waals surface area contributed by atoms with Crippen LogP contribution in [0.3, 0.4) is 0 Å². The van der Waals surface area contributed by atoms with Crippen molar-refractivity contribution in [2.45, 2.75) is 31.9 Å². The molecule has 0 amide bonds. The molecule has 0 N–H and O–H groups in total. The zero-order valence-electron chi connectivity index (χ0n) is 13.7. The Morgan fingerprint density at radius 1 is 1.32 bits per heavy atom. The second kappa shape index (κ2) is 6.99. The SMILES string of the molecule is COC[C@]12CCCO[C@H]1CCN(Cc1ccccc1OC)C2. The smallest absolute Gasteiger partial charge is 0.123 e. The van der Waals surface area contributed by atoms with Crippen molar-refractivity contribution in [2.24, 2.45) is 5.41 Å². The van der Waals surface area contributed by atoms with Gasteiger partial charge in [0.2, 0.25) is 0 Å². The van der Waals surface area contributed by atoms with Crippen LogP contribution >= 0.6 is 0 Å². The lowest BCUT2D eigenvalue weighted by Gasteiger charge is -2.50. The molecule has 4 nitrogen and oxygen atoms in total. The Morgan fingerprint density at radius 2 is 2.18 bits per heavy atom. The summed E-state index contributed by atoms with van der Waals surface area (Å²) in [7, 11) is 3.55. The molecule has 2 saturated heterocycles. The Labute approximate surface area is 133 Å². The lowest BCUT2D eigenvalue weighted by molar-refractivity contribution is -0.149. The van der Waals surface area contributed by atoms with Gasteiger partial charge in [0, 0.05) is 44.3 Å². The van der Waals surface area contributed by atoms with Crippen LogP contribution in [0.4, 0.5) is 0 Å². The van der Waals surface area contributed by atoms with Crippen LogP contribution in [0, 0.1) is 5.41 Å². The van der Waals surface area contributed by atoms with Crippen LogP contribution in [0.25, 0.3) is 0 Å². The van der Waals surface area contributed by atoms with Crippen molar-refractivity contribution in [3.8, 4) is 5.75 Å². The number of benzene rings is 1. The van der Waals surface area contributed by atoms with Crippen molar-refractivity contribution in [1.82, 2.24) is 4.90 Å². The molecule has 2 aliphatic heterocycles. The van der Waals surface area contributed by atoms with Gasteiger partial charge in [-0.2, -0.15) is 0 Å². The van der Waals surface area contributed by atoms with Gasteiger partial charge in [-0.05, 0) is 25.3 Å². The average Bonchev–Trinajstić information content (AvgIpc) is 2.55. The predicted molar refractivity (Wildman–Crippen MR) is 86.2 cm³/mol. The fourth-order valence-electron chi connectivity index (χ4n) is 4.09. The van der Waals surface area contributed by atoms with Crippen molar-refractivity contribution in [3.63, 3.8) is 0 Å². The van der Waals surface area contributed by atoms with E-state index >= 15 is 0 Å². The first-order valence-electron chi connectivity index (χ1n) is 8.22. The van der Waals surface area contributed by atoms with E-state index in [1.165, 1.54) is 12.0 Å². The Kier molecular flexibility index (Phi) is 5.01. The maximum Gasteiger partial charge on any atom is 0.123 e. The van der Waals surface area contributed by atoms with Crippen LogP contribution in [0.5, 0.6) is 5.75 Å². The second-order valence-electron chi connectivity index (χ2n) is 6.57. The van der Waals surface area contributed by atoms with Crippen molar-refractivity contribution in [2.75, 3.05) is 40.5 Å². The summed E-state index contributed by atoms with van der Waals surface area (Å²) in [6.07, 6.45) is 3.80. The highest BCUT2D eigenvalue weighted by Crippen LogP contribution is 2.41. The molecular formula is C18H27NO3. The quantitative estimate of drug-likeness (QED) is 0.837. The Bertz CT molecular complexity index is 489. The van der Waals surface area contributed by atoms with E-state index in [0.717, 1.165) is 51.4 Å². The molecule has 0 aliphatic carbocycles. The molecule has 0 radical (unpaired) electrons. The van der Waals surface area contributed by atoms with E-state index in [4.69, 9.17) is 14.2 Å². The van der Waals surface area contributed by atoms with E-state index in [1.54, 1.807) is 14.2 Å². The molecule has 0 saturated carbocycles. The molecule has 0 unspecified atom stereocenters. The Morgan fingerprint density at radius 3 is 3.00 bits per heavy atom. The molecule has 2 heterocycles. The zero-order valence-corrected chi connectivity index (χ0v) is 13.7. The van der Waals surface area contributed by atoms with Gasteiger partial charge in [0.05, 0.1) is 19.8 Å². The number of methoxy groups -OCH3 is 2. The minimum Gasteiger partial charge on any atom is -0.496 e. The summed E-state index contributed by atoms with van der Waals surface area (Å²) < 4.78 is 17.1. The van der Waals surface area contributed by atoms with E-state index < -0.39 is 0 Å². The van der Waals surface area contributed by atoms with Crippen molar-refractivity contribution >= 4 is 0 Å². The molecule has 4 heteroatoms. The molecule has 1 aromatic rings. The molecule has 1 aromatic carbocycles. The topological polar surface area (TPSA) is 30.9 Å². The van der Waals surface area contributed by atoms with E-state index in [-0.39, 0.29) is 5.41 Å². The number of ether oxygens (including phenoxy) is 3. The third-order valence-electron chi connectivity index (χ3n) is 5.09. The molecule has 3 rings (SSSR count). The maximum atomic E-state index is 6.05. The summed E-state index contributed by atoms with van der Waals surface area (Å²) in [6.45, 7) is 4.75. The highest BCUT2D eigenvalue weighted by Gasteiger charge is 2.45. The third kappa shape index (κ3) is 3.14. The van der Waals surface area contributed by atoms with Gasteiger partial charge >= 0.3 is 0 Å². The normalized spacial score (nSPS) is 29.1. The second-order valence-corrected chi connectivity index (χ2v) is 6.57. The van der Waals surface area contributed by atoms with Crippen LogP contribution in [0.15, 0.2) is 24.3 Å². The van der Waals surface area contributed by atoms with Crippen LogP contribution in [-0.4, -0.2) is 51.5 Å². The summed E-state index contributed by atoms with van der Waals surface area (Å²) in [6, 6.07) is 8.30. The number of hydrogen-bond donors (Lipinski definition) is 0. The molecule has 0 spiro atoms. The van der Waals surface area contributed by atoms with E-state index in [0.29, 0.717) is 6.10 Å². The van der Waals surface area contributed by atoms with Crippen LogP contribution in [0.2, 0.25) is 0 Å². The lowest BCUT2D eigenvalue weighted by atomic mass is 9.73. The number of likely N-dealkylation sites (tertiary alicyclic amines) is 1. The minimum atomic E-state index is 0.160. The molecule has 2 atom stereocenters. The van der Waals surface area contributed by atoms with Crippen LogP contribution in [0.1, 0.15) is 24.8 Å². The number of piperidine rings is 1. The zero-order chi connectivity index (χ0) is 15.4. The van der Waals surface area contributed by atoms with Crippen LogP contribution in [-0.2, 0) is 16.0 Å². The number of nitrogens with zero attached hydrogens (tertiary/aromatic N) is 1. The van der Waals surface area contributed by atoms with Crippen molar-refractivity contribution in [3.05, 3.63) is 29.8 Å². The van der Waals surface area contributed by atoms with Gasteiger partial charge in [-0.1, -0.05) is 18.2 Å². The number of hydrogen-bond acceptors (Lipinski definition) is 4. The fourth-order valence-corrected chi connectivity index (χ4v) is 4.09. The number of rotatable bonds is 5. The van der Waals surface area contributed by atoms with Gasteiger partial charge in [-0.3, -0.25) is 4.90 Å². The molecule has 22 heavy (non-hydrogen) atoms. The van der Waals surface area contributed by atoms with Crippen LogP contribution < -0.4 is 4.74 Å². The molecule has 2 aliphatic rings. The monoisotopic (exact) mass is 305 g/mol. The standard InChI is InChI=1S/C18H27NO3/c1-20-14-18-9-5-11-22-17(18)8-10-19(13-18)12-15-6-3-4-7-16(15)21-2/h3-4,6-7,17H,5,8-14H2,1-2H3/t17-,18+/m0/s1. The minimum absolute atomic E-state index is 0.160. The highest BCUT2D eigenvalue weighted by atomic mass is 16.5. The summed E-state index contributed by atoms with van der Waals surface area (Å²) in [4.78, 5) is 2.53. The Balaban J connectivity index is 1.73. The summed E-state index contributed by atoms with van der Waals surface area (Å²) >= 11 is 0. The third-order valence-corrected chi connectivity index (χ3v) is 5.09. The van der Waals surface area contributed by atoms with E-state index in [2.05, 4.69) is 17.0 Å². The van der Waals surface area contributed by atoms with E-state index in [1.807, 2.05) is 12.1 Å². The first-order chi connectivity index (χ1) is 10.8. The highest BCUT2D eigenvalue weighted by molar-refractivity contribution is 5.33. The van der Waals surface area contributed by atoms with Gasteiger partial charge in [0.15, 0.2) is 0 Å². The van der Waals surface area contributed by atoms with E-state index in [9.17, 15) is 0 Å². The van der Waals surface area contributed by atoms with Gasteiger partial charge in [0.25, 0.3) is 0 Å². The predicted octanol–water partition coefficient (Wildman–Crippen LogP) is 2.71. The summed E-state index contributed by atoms with van der Waals surface area (Å²) in [5.74, 6) is 0.977. The molecule has 0 aromatic heterocycles. The van der Waals surface area contributed by atoms with Gasteiger partial charge in [-0.15, -0.1) is 0 Å². The summed E-state index contributed by atoms with van der Waals surface area (Å²) in [5, 5.41) is 0. The first-order valence-corrected chi connectivity index (χ1v) is 8.22. The molecule has 0 bridgehead atoms. The fraction of sp³-hybridized carbons (Fsp3) is 0.667. The van der Waals surface area contributed by atoms with Gasteiger partial charge in [0.1, 0.15) is 5.75 Å². The lowest BCUT2D eigenvalue weighted by Crippen LogP contribution is -2.56. The maximum absolute atomic E-state index is 6.05. The van der Waals surface area contributed by atoms with Crippen molar-refractivity contribution < 1.29 is 14.2 Å². The van der Waals surface area contributed by atoms with Gasteiger partial charge < -0.3 is 14.2 Å². The Hall–Kier alpha value is -1.10. The largest absolute Gasteiger partial charge is 0.496 e. The van der Waals surface area contributed by atoms with Crippen molar-refractivity contribution in [1.29, 1.82) is 0 Å². The number of para-hydroxylation sites is 1. The first kappa shape index (κ1) is 15.8. The molecule has 122 valence electrons. The molecule has 2 fully saturated rings. The average molecular weight is 305 g/mol. The molecular weight excluding hydrogens is 278 g/mol. The number of fused-ring (bicyclic) bond motifs is 1. The van der Waals surface area contributed by atoms with Gasteiger partial charge in [-0.25, -0.2) is 0 Å². The summed E-state index contributed by atoms with van der Waals surface area (Å²) in [5.41, 5.74) is 1.42.